The second kappa shape index (κ2) is 11.9. The molecule has 1 saturated heterocycles. The molecule has 0 atom stereocenters. The number of carbonyl (C=O) groups is 2. The number of morpholine rings is 1. The van der Waals surface area contributed by atoms with Crippen LogP contribution in [0.4, 0.5) is 10.8 Å². The average molecular weight is 507 g/mol. The second-order valence-corrected chi connectivity index (χ2v) is 9.50. The van der Waals surface area contributed by atoms with E-state index in [2.05, 4.69) is 27.1 Å². The van der Waals surface area contributed by atoms with Crippen molar-refractivity contribution in [3.8, 4) is 0 Å². The summed E-state index contributed by atoms with van der Waals surface area (Å²) in [5.74, 6) is -0.507. The molecular formula is C27H30N4O4S. The van der Waals surface area contributed by atoms with Crippen molar-refractivity contribution in [2.24, 2.45) is 0 Å². The van der Waals surface area contributed by atoms with Crippen molar-refractivity contribution < 1.29 is 19.1 Å². The maximum atomic E-state index is 13.3. The summed E-state index contributed by atoms with van der Waals surface area (Å²) in [4.78, 5) is 31.8. The molecule has 4 rings (SSSR count). The van der Waals surface area contributed by atoms with E-state index >= 15 is 0 Å². The molecule has 0 aliphatic carbocycles. The molecule has 9 heteroatoms. The number of fused-ring (bicyclic) bond motifs is 1. The number of benzene rings is 2. The monoisotopic (exact) mass is 506 g/mol. The molecule has 2 heterocycles. The van der Waals surface area contributed by atoms with E-state index < -0.39 is 0 Å². The minimum atomic E-state index is -0.346. The third-order valence-electron chi connectivity index (χ3n) is 5.76. The minimum absolute atomic E-state index is 0.162. The molecule has 2 N–H and O–H groups in total. The summed E-state index contributed by atoms with van der Waals surface area (Å²) in [7, 11) is 0. The Morgan fingerprint density at radius 2 is 1.97 bits per heavy atom. The lowest BCUT2D eigenvalue weighted by Crippen LogP contribution is -2.38. The van der Waals surface area contributed by atoms with E-state index in [1.807, 2.05) is 43.3 Å². The Balaban J connectivity index is 1.56. The number of carbonyl (C=O) groups excluding carboxylic acids is 2. The first-order valence-corrected chi connectivity index (χ1v) is 12.6. The van der Waals surface area contributed by atoms with Gasteiger partial charge in [-0.2, -0.15) is 0 Å². The van der Waals surface area contributed by atoms with Crippen molar-refractivity contribution >= 4 is 56.8 Å². The Bertz CT molecular complexity index is 1390. The number of nitrogens with zero attached hydrogens (tertiary/aromatic N) is 2. The molecule has 0 spiro atoms. The van der Waals surface area contributed by atoms with Crippen LogP contribution in [-0.2, 0) is 19.1 Å². The number of rotatable bonds is 8. The maximum Gasteiger partial charge on any atom is 0.260 e. The molecule has 2 aromatic carbocycles. The Hall–Kier alpha value is -3.53. The first-order chi connectivity index (χ1) is 17.4. The summed E-state index contributed by atoms with van der Waals surface area (Å²) < 4.78 is 12.0. The number of aryl methyl sites for hydroxylation is 1. The molecule has 3 aromatic rings. The lowest BCUT2D eigenvalue weighted by atomic mass is 10.1. The van der Waals surface area contributed by atoms with Crippen LogP contribution in [0.25, 0.3) is 22.9 Å². The van der Waals surface area contributed by atoms with Crippen molar-refractivity contribution in [3.05, 3.63) is 64.2 Å². The third-order valence-corrected chi connectivity index (χ3v) is 6.76. The van der Waals surface area contributed by atoms with Gasteiger partial charge in [0.1, 0.15) is 6.61 Å². The molecule has 0 unspecified atom stereocenters. The van der Waals surface area contributed by atoms with Crippen LogP contribution in [0.1, 0.15) is 12.5 Å². The summed E-state index contributed by atoms with van der Waals surface area (Å²) >= 11 is 1.31. The number of ether oxygens (including phenoxy) is 2. The van der Waals surface area contributed by atoms with E-state index in [4.69, 9.17) is 9.47 Å². The highest BCUT2D eigenvalue weighted by molar-refractivity contribution is 7.23. The highest BCUT2D eigenvalue weighted by Crippen LogP contribution is 2.34. The number of nitrogens with one attached hydrogen (secondary N) is 2. The zero-order chi connectivity index (χ0) is 25.5. The predicted molar refractivity (Wildman–Crippen MR) is 144 cm³/mol. The van der Waals surface area contributed by atoms with Crippen molar-refractivity contribution in [3.63, 3.8) is 0 Å². The van der Waals surface area contributed by atoms with E-state index in [9.17, 15) is 9.59 Å². The van der Waals surface area contributed by atoms with E-state index in [-0.39, 0.29) is 11.8 Å². The third kappa shape index (κ3) is 6.57. The molecule has 1 fully saturated rings. The molecule has 36 heavy (non-hydrogen) atoms. The standard InChI is InChI=1S/C27H30N4O4S/c1-18-6-4-5-7-21(18)16-22(17-35-15-12-31-10-13-34-14-11-31)26(33)30-27-29-23-9-8-19(2)24(25(23)36-27)28-20(3)32/h4-9,16-17H,1,10-15H2,2-3H3,(H,28,32)(H,29,30,33)/b21-16-,22-17-. The normalized spacial score (nSPS) is 15.2. The van der Waals surface area contributed by atoms with Crippen molar-refractivity contribution in [2.45, 2.75) is 13.8 Å². The van der Waals surface area contributed by atoms with E-state index in [1.165, 1.54) is 24.5 Å². The number of hydrogen-bond donors (Lipinski definition) is 2. The van der Waals surface area contributed by atoms with Gasteiger partial charge in [0.2, 0.25) is 5.91 Å². The molecule has 0 radical (unpaired) electrons. The number of aromatic nitrogens is 1. The zero-order valence-corrected chi connectivity index (χ0v) is 21.3. The summed E-state index contributed by atoms with van der Waals surface area (Å²) in [5.41, 5.74) is 2.68. The highest BCUT2D eigenvalue weighted by atomic mass is 32.1. The lowest BCUT2D eigenvalue weighted by Gasteiger charge is -2.26. The molecule has 0 bridgehead atoms. The van der Waals surface area contributed by atoms with Crippen LogP contribution in [0, 0.1) is 6.92 Å². The molecule has 1 aromatic heterocycles. The molecule has 188 valence electrons. The fraction of sp³-hybridized carbons (Fsp3) is 0.296. The largest absolute Gasteiger partial charge is 0.499 e. The van der Waals surface area contributed by atoms with Gasteiger partial charge in [-0.15, -0.1) is 0 Å². The Kier molecular flexibility index (Phi) is 8.48. The summed E-state index contributed by atoms with van der Waals surface area (Å²) in [6.45, 7) is 11.8. The van der Waals surface area contributed by atoms with Gasteiger partial charge in [0.05, 0.1) is 41.0 Å². The van der Waals surface area contributed by atoms with Gasteiger partial charge in [0.15, 0.2) is 5.13 Å². The predicted octanol–water partition coefficient (Wildman–Crippen LogP) is 2.63. The number of anilines is 2. The topological polar surface area (TPSA) is 92.8 Å². The van der Waals surface area contributed by atoms with Gasteiger partial charge in [-0.1, -0.05) is 48.2 Å². The molecule has 0 saturated carbocycles. The van der Waals surface area contributed by atoms with Gasteiger partial charge < -0.3 is 14.8 Å². The van der Waals surface area contributed by atoms with Crippen LogP contribution in [0.5, 0.6) is 0 Å². The quantitative estimate of drug-likeness (QED) is 0.277. The number of amides is 2. The zero-order valence-electron chi connectivity index (χ0n) is 20.5. The van der Waals surface area contributed by atoms with Crippen molar-refractivity contribution in [1.29, 1.82) is 0 Å². The number of thiazole rings is 1. The van der Waals surface area contributed by atoms with Crippen LogP contribution < -0.4 is 21.1 Å². The maximum absolute atomic E-state index is 13.3. The van der Waals surface area contributed by atoms with Gasteiger partial charge in [0, 0.05) is 26.6 Å². The van der Waals surface area contributed by atoms with Crippen LogP contribution in [0.3, 0.4) is 0 Å². The Morgan fingerprint density at radius 3 is 2.72 bits per heavy atom. The van der Waals surface area contributed by atoms with E-state index in [0.29, 0.717) is 28.5 Å². The Labute approximate surface area is 213 Å². The van der Waals surface area contributed by atoms with Gasteiger partial charge in [-0.05, 0) is 35.1 Å². The molecule has 8 nitrogen and oxygen atoms in total. The Morgan fingerprint density at radius 1 is 1.19 bits per heavy atom. The number of hydrogen-bond acceptors (Lipinski definition) is 7. The average Bonchev–Trinajstić information content (AvgIpc) is 3.27. The fourth-order valence-electron chi connectivity index (χ4n) is 3.80. The first kappa shape index (κ1) is 25.6. The fourth-order valence-corrected chi connectivity index (χ4v) is 4.81. The van der Waals surface area contributed by atoms with Gasteiger partial charge in [-0.25, -0.2) is 4.98 Å². The lowest BCUT2D eigenvalue weighted by molar-refractivity contribution is -0.114. The SMILES string of the molecule is C=c1cccc/c1=C/C(=C/OCCN1CCOCC1)C(=O)Nc1nc2ccc(C)c(NC(C)=O)c2s1. The van der Waals surface area contributed by atoms with E-state index in [1.54, 1.807) is 6.08 Å². The molecular weight excluding hydrogens is 476 g/mol. The summed E-state index contributed by atoms with van der Waals surface area (Å²) in [6.07, 6.45) is 3.25. The molecule has 1 aliphatic heterocycles. The second-order valence-electron chi connectivity index (χ2n) is 8.50. The van der Waals surface area contributed by atoms with E-state index in [0.717, 1.165) is 53.5 Å². The van der Waals surface area contributed by atoms with Gasteiger partial charge in [-0.3, -0.25) is 19.8 Å². The summed E-state index contributed by atoms with van der Waals surface area (Å²) in [5, 5.41) is 7.82. The smallest absolute Gasteiger partial charge is 0.260 e. The van der Waals surface area contributed by atoms with Crippen LogP contribution in [0.15, 0.2) is 48.2 Å². The van der Waals surface area contributed by atoms with Crippen LogP contribution >= 0.6 is 11.3 Å². The highest BCUT2D eigenvalue weighted by Gasteiger charge is 2.16. The van der Waals surface area contributed by atoms with Crippen LogP contribution in [-0.4, -0.2) is 61.2 Å². The summed E-state index contributed by atoms with van der Waals surface area (Å²) in [6, 6.07) is 11.4. The van der Waals surface area contributed by atoms with Gasteiger partial charge in [0.25, 0.3) is 5.91 Å². The van der Waals surface area contributed by atoms with Crippen LogP contribution in [0.2, 0.25) is 0 Å². The minimum Gasteiger partial charge on any atom is -0.499 e. The van der Waals surface area contributed by atoms with Crippen molar-refractivity contribution in [2.75, 3.05) is 50.1 Å². The molecule has 1 aliphatic rings. The first-order valence-electron chi connectivity index (χ1n) is 11.8. The van der Waals surface area contributed by atoms with Crippen molar-refractivity contribution in [1.82, 2.24) is 9.88 Å². The van der Waals surface area contributed by atoms with Gasteiger partial charge >= 0.3 is 0 Å². The molecule has 2 amide bonds.